The molecular weight excluding hydrogens is 240 g/mol. The van der Waals surface area contributed by atoms with E-state index in [-0.39, 0.29) is 5.69 Å². The second kappa shape index (κ2) is 6.35. The molecule has 19 heavy (non-hydrogen) atoms. The molecule has 0 saturated carbocycles. The van der Waals surface area contributed by atoms with Gasteiger partial charge in [0.25, 0.3) is 5.69 Å². The third-order valence-electron chi connectivity index (χ3n) is 2.59. The number of nitrogens with zero attached hydrogens (tertiary/aromatic N) is 1. The Balaban J connectivity index is 1.91. The van der Waals surface area contributed by atoms with Gasteiger partial charge in [0, 0.05) is 24.4 Å². The van der Waals surface area contributed by atoms with Crippen LogP contribution in [-0.4, -0.2) is 11.5 Å². The van der Waals surface area contributed by atoms with Gasteiger partial charge in [0.1, 0.15) is 0 Å². The topological polar surface area (TPSA) is 55.2 Å². The summed E-state index contributed by atoms with van der Waals surface area (Å²) in [5.41, 5.74) is 1.97. The molecule has 4 nitrogen and oxygen atoms in total. The van der Waals surface area contributed by atoms with Crippen molar-refractivity contribution in [3.8, 4) is 0 Å². The standard InChI is InChI=1S/C15H14N2O2/c18-17(19)15-10-4-9-14(12-15)16-11-5-8-13-6-2-1-3-7-13/h1-10,12,16H,11H2/b8-5+. The lowest BCUT2D eigenvalue weighted by atomic mass is 10.2. The molecule has 0 heterocycles. The zero-order chi connectivity index (χ0) is 13.5. The summed E-state index contributed by atoms with van der Waals surface area (Å²) in [6.07, 6.45) is 3.98. The summed E-state index contributed by atoms with van der Waals surface area (Å²) in [4.78, 5) is 10.2. The van der Waals surface area contributed by atoms with Crippen molar-refractivity contribution < 1.29 is 4.92 Å². The van der Waals surface area contributed by atoms with Crippen molar-refractivity contribution in [3.05, 3.63) is 76.4 Å². The number of benzene rings is 2. The number of hydrogen-bond acceptors (Lipinski definition) is 3. The summed E-state index contributed by atoms with van der Waals surface area (Å²) in [6, 6.07) is 16.4. The van der Waals surface area contributed by atoms with Gasteiger partial charge in [-0.2, -0.15) is 0 Å². The molecule has 0 aliphatic heterocycles. The Morgan fingerprint density at radius 3 is 2.63 bits per heavy atom. The molecule has 0 amide bonds. The Bertz CT molecular complexity index is 580. The van der Waals surface area contributed by atoms with Crippen molar-refractivity contribution in [2.45, 2.75) is 0 Å². The largest absolute Gasteiger partial charge is 0.381 e. The molecular formula is C15H14N2O2. The van der Waals surface area contributed by atoms with Gasteiger partial charge in [0.05, 0.1) is 4.92 Å². The van der Waals surface area contributed by atoms with Gasteiger partial charge in [0.2, 0.25) is 0 Å². The lowest BCUT2D eigenvalue weighted by molar-refractivity contribution is -0.384. The number of rotatable bonds is 5. The fourth-order valence-electron chi connectivity index (χ4n) is 1.67. The molecule has 0 bridgehead atoms. The molecule has 0 fully saturated rings. The molecule has 4 heteroatoms. The van der Waals surface area contributed by atoms with Gasteiger partial charge < -0.3 is 5.32 Å². The summed E-state index contributed by atoms with van der Waals surface area (Å²) in [6.45, 7) is 0.621. The minimum absolute atomic E-state index is 0.0945. The first kappa shape index (κ1) is 12.8. The molecule has 1 N–H and O–H groups in total. The van der Waals surface area contributed by atoms with Crippen molar-refractivity contribution in [3.63, 3.8) is 0 Å². The molecule has 2 aromatic carbocycles. The van der Waals surface area contributed by atoms with Crippen LogP contribution in [0.4, 0.5) is 11.4 Å². The normalized spacial score (nSPS) is 10.5. The third-order valence-corrected chi connectivity index (χ3v) is 2.59. The first-order valence-corrected chi connectivity index (χ1v) is 5.95. The lowest BCUT2D eigenvalue weighted by Crippen LogP contribution is -1.98. The van der Waals surface area contributed by atoms with E-state index in [0.29, 0.717) is 6.54 Å². The van der Waals surface area contributed by atoms with Gasteiger partial charge in [-0.3, -0.25) is 10.1 Å². The van der Waals surface area contributed by atoms with Crippen LogP contribution in [0.3, 0.4) is 0 Å². The van der Waals surface area contributed by atoms with Crippen LogP contribution in [0.5, 0.6) is 0 Å². The highest BCUT2D eigenvalue weighted by atomic mass is 16.6. The van der Waals surface area contributed by atoms with Crippen LogP contribution in [0.15, 0.2) is 60.7 Å². The highest BCUT2D eigenvalue weighted by molar-refractivity contribution is 5.53. The quantitative estimate of drug-likeness (QED) is 0.653. The lowest BCUT2D eigenvalue weighted by Gasteiger charge is -2.02. The molecule has 0 aliphatic rings. The van der Waals surface area contributed by atoms with Crippen molar-refractivity contribution in [1.82, 2.24) is 0 Å². The van der Waals surface area contributed by atoms with Gasteiger partial charge >= 0.3 is 0 Å². The second-order valence-electron chi connectivity index (χ2n) is 4.00. The Hall–Kier alpha value is -2.62. The van der Waals surface area contributed by atoms with Crippen molar-refractivity contribution >= 4 is 17.5 Å². The predicted octanol–water partition coefficient (Wildman–Crippen LogP) is 3.72. The minimum atomic E-state index is -0.398. The second-order valence-corrected chi connectivity index (χ2v) is 4.00. The zero-order valence-corrected chi connectivity index (χ0v) is 10.3. The Kier molecular flexibility index (Phi) is 4.29. The number of nitrogens with one attached hydrogen (secondary N) is 1. The van der Waals surface area contributed by atoms with E-state index in [9.17, 15) is 10.1 Å². The van der Waals surface area contributed by atoms with E-state index in [1.807, 2.05) is 48.6 Å². The van der Waals surface area contributed by atoms with Gasteiger partial charge in [-0.1, -0.05) is 48.6 Å². The predicted molar refractivity (Wildman–Crippen MR) is 77.1 cm³/mol. The molecule has 96 valence electrons. The number of nitro groups is 1. The minimum Gasteiger partial charge on any atom is -0.381 e. The van der Waals surface area contributed by atoms with E-state index >= 15 is 0 Å². The maximum atomic E-state index is 10.6. The fourth-order valence-corrected chi connectivity index (χ4v) is 1.67. The number of anilines is 1. The van der Waals surface area contributed by atoms with Gasteiger partial charge in [-0.05, 0) is 11.6 Å². The van der Waals surface area contributed by atoms with Crippen LogP contribution in [0.25, 0.3) is 6.08 Å². The molecule has 0 aromatic heterocycles. The van der Waals surface area contributed by atoms with Crippen LogP contribution in [0.2, 0.25) is 0 Å². The maximum absolute atomic E-state index is 10.6. The van der Waals surface area contributed by atoms with Crippen LogP contribution in [-0.2, 0) is 0 Å². The SMILES string of the molecule is O=[N+]([O-])c1cccc(NC/C=C/c2ccccc2)c1. The van der Waals surface area contributed by atoms with E-state index in [2.05, 4.69) is 5.32 Å². The summed E-state index contributed by atoms with van der Waals surface area (Å²) in [5, 5.41) is 13.8. The fraction of sp³-hybridized carbons (Fsp3) is 0.0667. The highest BCUT2D eigenvalue weighted by Crippen LogP contribution is 2.16. The van der Waals surface area contributed by atoms with Crippen LogP contribution in [0.1, 0.15) is 5.56 Å². The smallest absolute Gasteiger partial charge is 0.271 e. The molecule has 0 saturated heterocycles. The Labute approximate surface area is 111 Å². The molecule has 2 aromatic rings. The van der Waals surface area contributed by atoms with Crippen LogP contribution >= 0.6 is 0 Å². The molecule has 0 spiro atoms. The first-order chi connectivity index (χ1) is 9.25. The third kappa shape index (κ3) is 3.96. The number of hydrogen-bond donors (Lipinski definition) is 1. The van der Waals surface area contributed by atoms with Crippen LogP contribution < -0.4 is 5.32 Å². The Morgan fingerprint density at radius 2 is 1.89 bits per heavy atom. The van der Waals surface area contributed by atoms with E-state index in [1.165, 1.54) is 12.1 Å². The van der Waals surface area contributed by atoms with Gasteiger partial charge in [0.15, 0.2) is 0 Å². The molecule has 0 aliphatic carbocycles. The summed E-state index contributed by atoms with van der Waals surface area (Å²) < 4.78 is 0. The zero-order valence-electron chi connectivity index (χ0n) is 10.3. The maximum Gasteiger partial charge on any atom is 0.271 e. The van der Waals surface area contributed by atoms with Gasteiger partial charge in [-0.25, -0.2) is 0 Å². The summed E-state index contributed by atoms with van der Waals surface area (Å²) in [7, 11) is 0. The molecule has 2 rings (SSSR count). The van der Waals surface area contributed by atoms with E-state index < -0.39 is 4.92 Å². The summed E-state index contributed by atoms with van der Waals surface area (Å²) >= 11 is 0. The monoisotopic (exact) mass is 254 g/mol. The van der Waals surface area contributed by atoms with Crippen LogP contribution in [0, 0.1) is 10.1 Å². The average molecular weight is 254 g/mol. The van der Waals surface area contributed by atoms with Gasteiger partial charge in [-0.15, -0.1) is 0 Å². The highest BCUT2D eigenvalue weighted by Gasteiger charge is 2.04. The average Bonchev–Trinajstić information content (AvgIpc) is 2.45. The van der Waals surface area contributed by atoms with E-state index in [1.54, 1.807) is 6.07 Å². The Morgan fingerprint density at radius 1 is 1.11 bits per heavy atom. The van der Waals surface area contributed by atoms with E-state index in [4.69, 9.17) is 0 Å². The first-order valence-electron chi connectivity index (χ1n) is 5.95. The molecule has 0 atom stereocenters. The van der Waals surface area contributed by atoms with Crippen molar-refractivity contribution in [2.75, 3.05) is 11.9 Å². The summed E-state index contributed by atoms with van der Waals surface area (Å²) in [5.74, 6) is 0. The molecule has 0 radical (unpaired) electrons. The van der Waals surface area contributed by atoms with Crippen molar-refractivity contribution in [2.24, 2.45) is 0 Å². The number of non-ortho nitro benzene ring substituents is 1. The number of nitro benzene ring substituents is 1. The molecule has 0 unspecified atom stereocenters. The van der Waals surface area contributed by atoms with Crippen molar-refractivity contribution in [1.29, 1.82) is 0 Å². The van der Waals surface area contributed by atoms with E-state index in [0.717, 1.165) is 11.3 Å².